The van der Waals surface area contributed by atoms with Gasteiger partial charge >= 0.3 is 5.97 Å². The van der Waals surface area contributed by atoms with Gasteiger partial charge in [-0.3, -0.25) is 14.3 Å². The smallest absolute Gasteiger partial charge is 0.303 e. The highest BCUT2D eigenvalue weighted by Gasteiger charge is 2.33. The Hall–Kier alpha value is -1.85. The van der Waals surface area contributed by atoms with Crippen LogP contribution in [0.15, 0.2) is 6.20 Å². The Morgan fingerprint density at radius 3 is 2.74 bits per heavy atom. The summed E-state index contributed by atoms with van der Waals surface area (Å²) in [5, 5.41) is 16.0. The number of carbonyl (C=O) groups excluding carboxylic acids is 1. The summed E-state index contributed by atoms with van der Waals surface area (Å²) in [6, 6.07) is 0.308. The van der Waals surface area contributed by atoms with Gasteiger partial charge in [0, 0.05) is 24.9 Å². The van der Waals surface area contributed by atoms with E-state index in [2.05, 4.69) is 24.3 Å². The topological polar surface area (TPSA) is 84.2 Å². The van der Waals surface area contributed by atoms with Crippen molar-refractivity contribution in [3.05, 3.63) is 17.5 Å². The second-order valence-corrected chi connectivity index (χ2v) is 6.38. The van der Waals surface area contributed by atoms with Crippen molar-refractivity contribution in [2.45, 2.75) is 70.8 Å². The van der Waals surface area contributed by atoms with Crippen molar-refractivity contribution in [2.75, 3.05) is 6.54 Å². The number of amides is 1. The zero-order chi connectivity index (χ0) is 16.8. The summed E-state index contributed by atoms with van der Waals surface area (Å²) < 4.78 is 2.01. The molecule has 1 heterocycles. The normalized spacial score (nSPS) is 15.4. The van der Waals surface area contributed by atoms with Crippen molar-refractivity contribution < 1.29 is 14.7 Å². The lowest BCUT2D eigenvalue weighted by molar-refractivity contribution is -0.137. The molecule has 1 unspecified atom stereocenters. The first-order valence-corrected chi connectivity index (χ1v) is 8.62. The van der Waals surface area contributed by atoms with Crippen molar-refractivity contribution >= 4 is 11.9 Å². The standard InChI is InChI=1S/C17H27N3O3/c1-3-12(2)20-16(13-8-9-13)14(11-19-20)17(23)18-10-6-4-5-7-15(21)22/h11-13H,3-10H2,1-2H3,(H,18,23)(H,21,22). The van der Waals surface area contributed by atoms with E-state index in [0.717, 1.165) is 37.8 Å². The van der Waals surface area contributed by atoms with Crippen LogP contribution in [0.25, 0.3) is 0 Å². The van der Waals surface area contributed by atoms with Crippen LogP contribution in [0.2, 0.25) is 0 Å². The van der Waals surface area contributed by atoms with E-state index in [9.17, 15) is 9.59 Å². The van der Waals surface area contributed by atoms with Crippen LogP contribution in [-0.4, -0.2) is 33.3 Å². The average molecular weight is 321 g/mol. The first-order valence-electron chi connectivity index (χ1n) is 8.62. The number of aliphatic carboxylic acids is 1. The number of carboxylic acid groups (broad SMARTS) is 1. The molecule has 23 heavy (non-hydrogen) atoms. The largest absolute Gasteiger partial charge is 0.481 e. The fraction of sp³-hybridized carbons (Fsp3) is 0.706. The van der Waals surface area contributed by atoms with Gasteiger partial charge in [0.1, 0.15) is 0 Å². The Kier molecular flexibility index (Phi) is 6.19. The summed E-state index contributed by atoms with van der Waals surface area (Å²) >= 11 is 0. The monoisotopic (exact) mass is 321 g/mol. The quantitative estimate of drug-likeness (QED) is 0.649. The molecular weight excluding hydrogens is 294 g/mol. The van der Waals surface area contributed by atoms with Crippen molar-refractivity contribution in [1.82, 2.24) is 15.1 Å². The van der Waals surface area contributed by atoms with Gasteiger partial charge in [-0.05, 0) is 39.0 Å². The van der Waals surface area contributed by atoms with Crippen molar-refractivity contribution in [3.63, 3.8) is 0 Å². The van der Waals surface area contributed by atoms with E-state index in [1.807, 2.05) is 4.68 Å². The lowest BCUT2D eigenvalue weighted by Gasteiger charge is -2.14. The van der Waals surface area contributed by atoms with Crippen LogP contribution in [0, 0.1) is 0 Å². The number of hydrogen-bond donors (Lipinski definition) is 2. The van der Waals surface area contributed by atoms with Crippen LogP contribution in [-0.2, 0) is 4.79 Å². The van der Waals surface area contributed by atoms with Gasteiger partial charge in [0.05, 0.1) is 17.5 Å². The van der Waals surface area contributed by atoms with Gasteiger partial charge < -0.3 is 10.4 Å². The molecule has 1 fully saturated rings. The number of unbranched alkanes of at least 4 members (excludes halogenated alkanes) is 2. The molecule has 0 bridgehead atoms. The van der Waals surface area contributed by atoms with Gasteiger partial charge in [0.2, 0.25) is 0 Å². The Morgan fingerprint density at radius 1 is 1.39 bits per heavy atom. The zero-order valence-corrected chi connectivity index (χ0v) is 14.0. The Morgan fingerprint density at radius 2 is 2.13 bits per heavy atom. The zero-order valence-electron chi connectivity index (χ0n) is 14.0. The second kappa shape index (κ2) is 8.13. The maximum atomic E-state index is 12.4. The van der Waals surface area contributed by atoms with Crippen LogP contribution in [0.4, 0.5) is 0 Å². The van der Waals surface area contributed by atoms with E-state index < -0.39 is 5.97 Å². The van der Waals surface area contributed by atoms with Gasteiger partial charge in [0.15, 0.2) is 0 Å². The molecule has 1 aromatic heterocycles. The summed E-state index contributed by atoms with van der Waals surface area (Å²) in [5.41, 5.74) is 1.79. The molecule has 0 radical (unpaired) electrons. The molecule has 1 aromatic rings. The van der Waals surface area contributed by atoms with Crippen molar-refractivity contribution in [2.24, 2.45) is 0 Å². The number of hydrogen-bond acceptors (Lipinski definition) is 3. The lowest BCUT2D eigenvalue weighted by atomic mass is 10.1. The number of nitrogens with zero attached hydrogens (tertiary/aromatic N) is 2. The summed E-state index contributed by atoms with van der Waals surface area (Å²) in [4.78, 5) is 22.8. The minimum atomic E-state index is -0.763. The van der Waals surface area contributed by atoms with Crippen molar-refractivity contribution in [1.29, 1.82) is 0 Å². The van der Waals surface area contributed by atoms with E-state index in [0.29, 0.717) is 30.5 Å². The molecule has 0 aliphatic heterocycles. The minimum absolute atomic E-state index is 0.0558. The van der Waals surface area contributed by atoms with Crippen LogP contribution in [0.5, 0.6) is 0 Å². The number of nitrogens with one attached hydrogen (secondary N) is 1. The third kappa shape index (κ3) is 4.81. The highest BCUT2D eigenvalue weighted by atomic mass is 16.4. The van der Waals surface area contributed by atoms with Gasteiger partial charge in [-0.1, -0.05) is 13.3 Å². The third-order valence-electron chi connectivity index (χ3n) is 4.40. The molecular formula is C17H27N3O3. The second-order valence-electron chi connectivity index (χ2n) is 6.38. The predicted octanol–water partition coefficient (Wildman–Crippen LogP) is 3.11. The molecule has 0 saturated heterocycles. The predicted molar refractivity (Wildman–Crippen MR) is 87.6 cm³/mol. The highest BCUT2D eigenvalue weighted by Crippen LogP contribution is 2.42. The van der Waals surface area contributed by atoms with E-state index in [1.165, 1.54) is 0 Å². The molecule has 1 amide bonds. The van der Waals surface area contributed by atoms with Gasteiger partial charge in [-0.15, -0.1) is 0 Å². The number of aromatic nitrogens is 2. The average Bonchev–Trinajstić information content (AvgIpc) is 3.27. The molecule has 6 nitrogen and oxygen atoms in total. The molecule has 2 N–H and O–H groups in total. The SMILES string of the molecule is CCC(C)n1ncc(C(=O)NCCCCCC(=O)O)c1C1CC1. The van der Waals surface area contributed by atoms with Crippen molar-refractivity contribution in [3.8, 4) is 0 Å². The van der Waals surface area contributed by atoms with Gasteiger partial charge in [-0.2, -0.15) is 5.10 Å². The lowest BCUT2D eigenvalue weighted by Crippen LogP contribution is -2.25. The van der Waals surface area contributed by atoms with Crippen LogP contribution < -0.4 is 5.32 Å². The highest BCUT2D eigenvalue weighted by molar-refractivity contribution is 5.95. The molecule has 1 aliphatic carbocycles. The summed E-state index contributed by atoms with van der Waals surface area (Å²) in [6.45, 7) is 4.83. The first kappa shape index (κ1) is 17.5. The summed E-state index contributed by atoms with van der Waals surface area (Å²) in [7, 11) is 0. The van der Waals surface area contributed by atoms with Crippen LogP contribution >= 0.6 is 0 Å². The van der Waals surface area contributed by atoms with Crippen LogP contribution in [0.3, 0.4) is 0 Å². The maximum Gasteiger partial charge on any atom is 0.303 e. The van der Waals surface area contributed by atoms with Gasteiger partial charge in [-0.25, -0.2) is 0 Å². The molecule has 1 saturated carbocycles. The number of carbonyl (C=O) groups is 2. The van der Waals surface area contributed by atoms with E-state index in [-0.39, 0.29) is 12.3 Å². The number of carboxylic acids is 1. The van der Waals surface area contributed by atoms with E-state index in [1.54, 1.807) is 6.20 Å². The first-order chi connectivity index (χ1) is 11.0. The Balaban J connectivity index is 1.87. The van der Waals surface area contributed by atoms with Crippen LogP contribution in [0.1, 0.15) is 86.8 Å². The number of rotatable bonds is 10. The molecule has 0 aromatic carbocycles. The third-order valence-corrected chi connectivity index (χ3v) is 4.40. The van der Waals surface area contributed by atoms with E-state index in [4.69, 9.17) is 5.11 Å². The maximum absolute atomic E-state index is 12.4. The van der Waals surface area contributed by atoms with E-state index >= 15 is 0 Å². The fourth-order valence-corrected chi connectivity index (χ4v) is 2.71. The fourth-order valence-electron chi connectivity index (χ4n) is 2.71. The molecule has 2 rings (SSSR count). The summed E-state index contributed by atoms with van der Waals surface area (Å²) in [6.07, 6.45) is 7.43. The Bertz CT molecular complexity index is 549. The summed E-state index contributed by atoms with van der Waals surface area (Å²) in [5.74, 6) is -0.344. The molecule has 0 spiro atoms. The minimum Gasteiger partial charge on any atom is -0.481 e. The molecule has 128 valence electrons. The molecule has 1 atom stereocenters. The Labute approximate surface area is 137 Å². The molecule has 6 heteroatoms. The van der Waals surface area contributed by atoms with Gasteiger partial charge in [0.25, 0.3) is 5.91 Å². The molecule has 1 aliphatic rings.